The van der Waals surface area contributed by atoms with E-state index in [9.17, 15) is 17.6 Å². The zero-order valence-corrected chi connectivity index (χ0v) is 18.3. The Morgan fingerprint density at radius 2 is 1.77 bits per heavy atom. The van der Waals surface area contributed by atoms with E-state index in [4.69, 9.17) is 4.74 Å². The zero-order valence-electron chi connectivity index (χ0n) is 15.9. The summed E-state index contributed by atoms with van der Waals surface area (Å²) >= 11 is 3.27. The van der Waals surface area contributed by atoms with Crippen LogP contribution >= 0.6 is 15.9 Å². The molecule has 156 valence electrons. The van der Waals surface area contributed by atoms with Gasteiger partial charge in [-0.15, -0.1) is 0 Å². The summed E-state index contributed by atoms with van der Waals surface area (Å²) in [6.07, 6.45) is 0. The van der Waals surface area contributed by atoms with Crippen molar-refractivity contribution < 1.29 is 22.3 Å². The normalized spacial score (nSPS) is 11.0. The zero-order chi connectivity index (χ0) is 21.7. The Balaban J connectivity index is 1.77. The van der Waals surface area contributed by atoms with Crippen LogP contribution in [0.3, 0.4) is 0 Å². The van der Waals surface area contributed by atoms with Gasteiger partial charge in [0, 0.05) is 21.4 Å². The lowest BCUT2D eigenvalue weighted by Crippen LogP contribution is -2.15. The average Bonchev–Trinajstić information content (AvgIpc) is 2.69. The Bertz CT molecular complexity index is 1170. The Kier molecular flexibility index (Phi) is 6.73. The summed E-state index contributed by atoms with van der Waals surface area (Å²) in [5, 5.41) is 2.58. The number of hydrogen-bond acceptors (Lipinski definition) is 4. The highest BCUT2D eigenvalue weighted by Gasteiger charge is 2.20. The van der Waals surface area contributed by atoms with Crippen LogP contribution in [0.25, 0.3) is 0 Å². The standard InChI is InChI=1S/C21H18BrFN2O4S/c1-2-29-19-11-8-15(22)12-20(19)30(27,28)25-17-9-6-14(7-10-17)21(26)24-18-5-3-4-16(23)13-18/h3-13,25H,2H2,1H3,(H,24,26). The van der Waals surface area contributed by atoms with Gasteiger partial charge in [-0.1, -0.05) is 22.0 Å². The van der Waals surface area contributed by atoms with Crippen LogP contribution in [0.15, 0.2) is 76.1 Å². The van der Waals surface area contributed by atoms with Crippen LogP contribution in [-0.4, -0.2) is 20.9 Å². The third kappa shape index (κ3) is 5.37. The highest BCUT2D eigenvalue weighted by atomic mass is 79.9. The van der Waals surface area contributed by atoms with Crippen molar-refractivity contribution in [3.63, 3.8) is 0 Å². The highest BCUT2D eigenvalue weighted by Crippen LogP contribution is 2.29. The quantitative estimate of drug-likeness (QED) is 0.483. The molecule has 0 saturated heterocycles. The van der Waals surface area contributed by atoms with Crippen LogP contribution < -0.4 is 14.8 Å². The number of benzene rings is 3. The molecule has 3 aromatic rings. The number of ether oxygens (including phenoxy) is 1. The smallest absolute Gasteiger partial charge is 0.265 e. The van der Waals surface area contributed by atoms with Gasteiger partial charge in [-0.25, -0.2) is 12.8 Å². The van der Waals surface area contributed by atoms with E-state index in [1.165, 1.54) is 48.5 Å². The molecule has 0 bridgehead atoms. The van der Waals surface area contributed by atoms with E-state index < -0.39 is 21.7 Å². The molecule has 0 saturated carbocycles. The van der Waals surface area contributed by atoms with E-state index in [1.54, 1.807) is 25.1 Å². The molecule has 30 heavy (non-hydrogen) atoms. The minimum atomic E-state index is -3.92. The molecule has 0 heterocycles. The predicted octanol–water partition coefficient (Wildman–Crippen LogP) is 5.04. The van der Waals surface area contributed by atoms with Crippen LogP contribution in [-0.2, 0) is 10.0 Å². The van der Waals surface area contributed by atoms with Gasteiger partial charge in [0.1, 0.15) is 16.5 Å². The average molecular weight is 493 g/mol. The lowest BCUT2D eigenvalue weighted by atomic mass is 10.2. The molecule has 0 radical (unpaired) electrons. The molecular formula is C21H18BrFN2O4S. The second-order valence-corrected chi connectivity index (χ2v) is 8.74. The molecule has 0 spiro atoms. The Hall–Kier alpha value is -2.91. The molecule has 1 amide bonds. The van der Waals surface area contributed by atoms with E-state index in [0.29, 0.717) is 22.3 Å². The molecule has 6 nitrogen and oxygen atoms in total. The molecule has 0 aliphatic carbocycles. The minimum Gasteiger partial charge on any atom is -0.492 e. The molecule has 0 aliphatic heterocycles. The van der Waals surface area contributed by atoms with Crippen molar-refractivity contribution in [1.29, 1.82) is 0 Å². The number of hydrogen-bond donors (Lipinski definition) is 2. The third-order valence-corrected chi connectivity index (χ3v) is 5.87. The molecule has 2 N–H and O–H groups in total. The number of halogens is 2. The predicted molar refractivity (Wildman–Crippen MR) is 117 cm³/mol. The lowest BCUT2D eigenvalue weighted by molar-refractivity contribution is 0.102. The second kappa shape index (κ2) is 9.27. The first-order chi connectivity index (χ1) is 14.3. The number of amides is 1. The fraction of sp³-hybridized carbons (Fsp3) is 0.0952. The van der Waals surface area contributed by atoms with Crippen LogP contribution in [0.4, 0.5) is 15.8 Å². The fourth-order valence-corrected chi connectivity index (χ4v) is 4.38. The summed E-state index contributed by atoms with van der Waals surface area (Å²) in [6, 6.07) is 16.1. The van der Waals surface area contributed by atoms with Crippen molar-refractivity contribution in [1.82, 2.24) is 0 Å². The van der Waals surface area contributed by atoms with Crippen LogP contribution in [0, 0.1) is 5.82 Å². The van der Waals surface area contributed by atoms with Gasteiger partial charge < -0.3 is 10.1 Å². The first kappa shape index (κ1) is 21.8. The summed E-state index contributed by atoms with van der Waals surface area (Å²) in [4.78, 5) is 12.3. The molecule has 0 unspecified atom stereocenters. The first-order valence-corrected chi connectivity index (χ1v) is 11.2. The molecule has 3 aromatic carbocycles. The second-order valence-electron chi connectivity index (χ2n) is 6.17. The van der Waals surface area contributed by atoms with Gasteiger partial charge in [-0.2, -0.15) is 0 Å². The van der Waals surface area contributed by atoms with Crippen molar-refractivity contribution in [2.45, 2.75) is 11.8 Å². The topological polar surface area (TPSA) is 84.5 Å². The van der Waals surface area contributed by atoms with Gasteiger partial charge in [0.05, 0.1) is 6.61 Å². The Morgan fingerprint density at radius 3 is 2.43 bits per heavy atom. The maximum atomic E-state index is 13.2. The molecule has 0 aliphatic rings. The molecule has 0 atom stereocenters. The van der Waals surface area contributed by atoms with Gasteiger partial charge in [-0.3, -0.25) is 9.52 Å². The number of sulfonamides is 1. The first-order valence-electron chi connectivity index (χ1n) is 8.90. The van der Waals surface area contributed by atoms with Gasteiger partial charge in [-0.05, 0) is 67.6 Å². The lowest BCUT2D eigenvalue weighted by Gasteiger charge is -2.13. The Labute approximate surface area is 182 Å². The SMILES string of the molecule is CCOc1ccc(Br)cc1S(=O)(=O)Nc1ccc(C(=O)Nc2cccc(F)c2)cc1. The van der Waals surface area contributed by atoms with Crippen molar-refractivity contribution in [2.24, 2.45) is 0 Å². The number of rotatable bonds is 7. The summed E-state index contributed by atoms with van der Waals surface area (Å²) in [5.74, 6) is -0.670. The van der Waals surface area contributed by atoms with Gasteiger partial charge in [0.15, 0.2) is 0 Å². The maximum Gasteiger partial charge on any atom is 0.265 e. The molecular weight excluding hydrogens is 475 g/mol. The summed E-state index contributed by atoms with van der Waals surface area (Å²) in [6.45, 7) is 2.08. The van der Waals surface area contributed by atoms with E-state index in [-0.39, 0.29) is 16.3 Å². The van der Waals surface area contributed by atoms with E-state index in [2.05, 4.69) is 26.0 Å². The third-order valence-electron chi connectivity index (χ3n) is 3.98. The maximum absolute atomic E-state index is 13.2. The summed E-state index contributed by atoms with van der Waals surface area (Å²) in [7, 11) is -3.92. The van der Waals surface area contributed by atoms with Gasteiger partial charge >= 0.3 is 0 Å². The number of nitrogens with one attached hydrogen (secondary N) is 2. The van der Waals surface area contributed by atoms with E-state index in [0.717, 1.165) is 0 Å². The van der Waals surface area contributed by atoms with Crippen molar-refractivity contribution in [3.05, 3.63) is 82.6 Å². The molecule has 9 heteroatoms. The Morgan fingerprint density at radius 1 is 1.03 bits per heavy atom. The van der Waals surface area contributed by atoms with Gasteiger partial charge in [0.25, 0.3) is 15.9 Å². The number of anilines is 2. The molecule has 3 rings (SSSR count). The highest BCUT2D eigenvalue weighted by molar-refractivity contribution is 9.10. The monoisotopic (exact) mass is 492 g/mol. The summed E-state index contributed by atoms with van der Waals surface area (Å²) < 4.78 is 47.4. The summed E-state index contributed by atoms with van der Waals surface area (Å²) in [5.41, 5.74) is 0.891. The number of carbonyl (C=O) groups excluding carboxylic acids is 1. The van der Waals surface area contributed by atoms with Crippen molar-refractivity contribution in [2.75, 3.05) is 16.6 Å². The minimum absolute atomic E-state index is 0.00773. The fourth-order valence-electron chi connectivity index (χ4n) is 2.64. The van der Waals surface area contributed by atoms with Crippen LogP contribution in [0.1, 0.15) is 17.3 Å². The number of carbonyl (C=O) groups is 1. The van der Waals surface area contributed by atoms with E-state index in [1.807, 2.05) is 0 Å². The largest absolute Gasteiger partial charge is 0.492 e. The van der Waals surface area contributed by atoms with Crippen LogP contribution in [0.5, 0.6) is 5.75 Å². The molecule has 0 fully saturated rings. The molecule has 0 aromatic heterocycles. The van der Waals surface area contributed by atoms with Crippen LogP contribution in [0.2, 0.25) is 0 Å². The van der Waals surface area contributed by atoms with Crippen molar-refractivity contribution >= 4 is 43.2 Å². The van der Waals surface area contributed by atoms with E-state index >= 15 is 0 Å². The van der Waals surface area contributed by atoms with Crippen molar-refractivity contribution in [3.8, 4) is 5.75 Å². The van der Waals surface area contributed by atoms with Gasteiger partial charge in [0.2, 0.25) is 0 Å².